The molecule has 0 amide bonds. The lowest BCUT2D eigenvalue weighted by Gasteiger charge is -2.19. The van der Waals surface area contributed by atoms with Gasteiger partial charge in [-0.05, 0) is 72.8 Å². The lowest BCUT2D eigenvalue weighted by atomic mass is 9.86. The van der Waals surface area contributed by atoms with Crippen molar-refractivity contribution in [2.75, 3.05) is 7.11 Å². The molecule has 0 saturated heterocycles. The van der Waals surface area contributed by atoms with Gasteiger partial charge in [-0.15, -0.1) is 0 Å². The maximum atomic E-state index is 11.5. The Morgan fingerprint density at radius 1 is 1.25 bits per heavy atom. The third-order valence-corrected chi connectivity index (χ3v) is 5.40. The van der Waals surface area contributed by atoms with Gasteiger partial charge in [-0.1, -0.05) is 25.1 Å². The first kappa shape index (κ1) is 16.7. The summed E-state index contributed by atoms with van der Waals surface area (Å²) in [6.45, 7) is 2.33. The Kier molecular flexibility index (Phi) is 5.29. The largest absolute Gasteiger partial charge is 0.465 e. The van der Waals surface area contributed by atoms with E-state index >= 15 is 0 Å². The van der Waals surface area contributed by atoms with Crippen molar-refractivity contribution in [1.29, 1.82) is 0 Å². The van der Waals surface area contributed by atoms with Crippen molar-refractivity contribution in [2.24, 2.45) is 11.8 Å². The van der Waals surface area contributed by atoms with Gasteiger partial charge in [0.2, 0.25) is 0 Å². The molecule has 3 nitrogen and oxygen atoms in total. The van der Waals surface area contributed by atoms with Crippen molar-refractivity contribution in [1.82, 2.24) is 4.98 Å². The number of aromatic nitrogens is 1. The molecule has 0 N–H and O–H groups in total. The minimum Gasteiger partial charge on any atom is -0.465 e. The third-order valence-electron chi connectivity index (χ3n) is 5.40. The molecule has 0 aliphatic heterocycles. The van der Waals surface area contributed by atoms with Crippen molar-refractivity contribution in [3.05, 3.63) is 65.5 Å². The fourth-order valence-corrected chi connectivity index (χ4v) is 3.90. The van der Waals surface area contributed by atoms with E-state index in [1.54, 1.807) is 0 Å². The van der Waals surface area contributed by atoms with Crippen molar-refractivity contribution < 1.29 is 9.53 Å². The summed E-state index contributed by atoms with van der Waals surface area (Å²) in [7, 11) is 1.42. The fraction of sp³-hybridized carbons (Fsp3) is 0.429. The van der Waals surface area contributed by atoms with Crippen LogP contribution in [0.15, 0.2) is 48.8 Å². The van der Waals surface area contributed by atoms with Crippen molar-refractivity contribution in [3.63, 3.8) is 0 Å². The number of carbonyl (C=O) groups excluding carboxylic acids is 1. The van der Waals surface area contributed by atoms with Crippen LogP contribution in [0.2, 0.25) is 0 Å². The normalized spacial score (nSPS) is 21.4. The monoisotopic (exact) mass is 323 g/mol. The summed E-state index contributed by atoms with van der Waals surface area (Å²) in [4.78, 5) is 15.8. The molecule has 0 radical (unpaired) electrons. The summed E-state index contributed by atoms with van der Waals surface area (Å²) in [5.74, 6) is 1.78. The summed E-state index contributed by atoms with van der Waals surface area (Å²) in [6.07, 6.45) is 8.79. The summed E-state index contributed by atoms with van der Waals surface area (Å²) in [5, 5.41) is 0. The van der Waals surface area contributed by atoms with Crippen LogP contribution in [0.25, 0.3) is 0 Å². The Bertz CT molecular complexity index is 666. The van der Waals surface area contributed by atoms with Gasteiger partial charge in [-0.2, -0.15) is 0 Å². The predicted octanol–water partition coefficient (Wildman–Crippen LogP) is 4.63. The van der Waals surface area contributed by atoms with Gasteiger partial charge in [-0.3, -0.25) is 4.98 Å². The van der Waals surface area contributed by atoms with E-state index < -0.39 is 0 Å². The molecule has 1 fully saturated rings. The van der Waals surface area contributed by atoms with Gasteiger partial charge in [0.05, 0.1) is 12.7 Å². The fourth-order valence-electron chi connectivity index (χ4n) is 3.90. The Balaban J connectivity index is 1.57. The van der Waals surface area contributed by atoms with Gasteiger partial charge in [-0.25, -0.2) is 4.79 Å². The van der Waals surface area contributed by atoms with E-state index in [0.29, 0.717) is 11.5 Å². The standard InChI is InChI=1S/C21H25NO2/c1-15(20-4-3-11-22-14-20)19-10-7-17(13-19)12-16-5-8-18(9-6-16)21(23)24-2/h3-6,8-9,11,14-15,17,19H,7,10,12-13H2,1-2H3/t15-,17-,19-/m0/s1. The molecule has 1 aliphatic carbocycles. The molecule has 1 heterocycles. The zero-order valence-corrected chi connectivity index (χ0v) is 14.4. The van der Waals surface area contributed by atoms with E-state index in [-0.39, 0.29) is 5.97 Å². The SMILES string of the molecule is COC(=O)c1ccc(C[C@@H]2CC[C@H]([C@H](C)c3cccnc3)C2)cc1. The van der Waals surface area contributed by atoms with E-state index in [1.807, 2.05) is 30.6 Å². The second kappa shape index (κ2) is 7.61. The molecule has 0 bridgehead atoms. The molecule has 24 heavy (non-hydrogen) atoms. The molecule has 3 heteroatoms. The first-order chi connectivity index (χ1) is 11.7. The molecule has 1 saturated carbocycles. The molecule has 126 valence electrons. The van der Waals surface area contributed by atoms with Gasteiger partial charge < -0.3 is 4.74 Å². The number of carbonyl (C=O) groups is 1. The lowest BCUT2D eigenvalue weighted by Crippen LogP contribution is -2.08. The summed E-state index contributed by atoms with van der Waals surface area (Å²) < 4.78 is 4.75. The second-order valence-electron chi connectivity index (χ2n) is 6.91. The van der Waals surface area contributed by atoms with Crippen molar-refractivity contribution in [3.8, 4) is 0 Å². The number of ether oxygens (including phenoxy) is 1. The zero-order valence-electron chi connectivity index (χ0n) is 14.4. The number of pyridine rings is 1. The van der Waals surface area contributed by atoms with Gasteiger partial charge in [0.1, 0.15) is 0 Å². The number of nitrogens with zero attached hydrogens (tertiary/aromatic N) is 1. The van der Waals surface area contributed by atoms with Crippen LogP contribution in [-0.4, -0.2) is 18.1 Å². The van der Waals surface area contributed by atoms with E-state index in [1.165, 1.54) is 37.5 Å². The van der Waals surface area contributed by atoms with Crippen LogP contribution < -0.4 is 0 Å². The molecule has 1 aromatic carbocycles. The first-order valence-corrected chi connectivity index (χ1v) is 8.74. The van der Waals surface area contributed by atoms with Crippen LogP contribution in [0, 0.1) is 11.8 Å². The van der Waals surface area contributed by atoms with Crippen LogP contribution in [0.3, 0.4) is 0 Å². The highest BCUT2D eigenvalue weighted by atomic mass is 16.5. The molecular formula is C21H25NO2. The maximum Gasteiger partial charge on any atom is 0.337 e. The minimum atomic E-state index is -0.271. The third kappa shape index (κ3) is 3.84. The lowest BCUT2D eigenvalue weighted by molar-refractivity contribution is 0.0600. The van der Waals surface area contributed by atoms with Gasteiger partial charge >= 0.3 is 5.97 Å². The van der Waals surface area contributed by atoms with E-state index in [2.05, 4.69) is 30.1 Å². The number of hydrogen-bond acceptors (Lipinski definition) is 3. The number of rotatable bonds is 5. The van der Waals surface area contributed by atoms with Gasteiger partial charge in [0.15, 0.2) is 0 Å². The number of benzene rings is 1. The quantitative estimate of drug-likeness (QED) is 0.753. The molecule has 0 spiro atoms. The van der Waals surface area contributed by atoms with E-state index in [0.717, 1.165) is 18.3 Å². The average Bonchev–Trinajstić information content (AvgIpc) is 3.10. The molecule has 3 atom stereocenters. The number of methoxy groups -OCH3 is 1. The van der Waals surface area contributed by atoms with Crippen LogP contribution in [0.5, 0.6) is 0 Å². The molecule has 2 aromatic rings. The van der Waals surface area contributed by atoms with Crippen molar-refractivity contribution >= 4 is 5.97 Å². The second-order valence-corrected chi connectivity index (χ2v) is 6.91. The molecular weight excluding hydrogens is 298 g/mol. The minimum absolute atomic E-state index is 0.271. The number of hydrogen-bond donors (Lipinski definition) is 0. The zero-order chi connectivity index (χ0) is 16.9. The van der Waals surface area contributed by atoms with Gasteiger partial charge in [0.25, 0.3) is 0 Å². The van der Waals surface area contributed by atoms with Crippen molar-refractivity contribution in [2.45, 2.75) is 38.5 Å². The topological polar surface area (TPSA) is 39.2 Å². The Hall–Kier alpha value is -2.16. The summed E-state index contributed by atoms with van der Waals surface area (Å²) >= 11 is 0. The Morgan fingerprint density at radius 3 is 2.71 bits per heavy atom. The summed E-state index contributed by atoms with van der Waals surface area (Å²) in [5.41, 5.74) is 3.28. The summed E-state index contributed by atoms with van der Waals surface area (Å²) in [6, 6.07) is 12.1. The average molecular weight is 323 g/mol. The maximum absolute atomic E-state index is 11.5. The van der Waals surface area contributed by atoms with Gasteiger partial charge in [0, 0.05) is 12.4 Å². The molecule has 3 rings (SSSR count). The van der Waals surface area contributed by atoms with Crippen LogP contribution in [0.1, 0.15) is 53.6 Å². The van der Waals surface area contributed by atoms with Crippen LogP contribution >= 0.6 is 0 Å². The Morgan fingerprint density at radius 2 is 2.04 bits per heavy atom. The van der Waals surface area contributed by atoms with Crippen LogP contribution in [0.4, 0.5) is 0 Å². The highest BCUT2D eigenvalue weighted by molar-refractivity contribution is 5.89. The Labute approximate surface area is 144 Å². The van der Waals surface area contributed by atoms with E-state index in [9.17, 15) is 4.79 Å². The smallest absolute Gasteiger partial charge is 0.337 e. The highest BCUT2D eigenvalue weighted by Crippen LogP contribution is 2.41. The number of esters is 1. The molecule has 0 unspecified atom stereocenters. The molecule has 1 aromatic heterocycles. The predicted molar refractivity (Wildman–Crippen MR) is 95.0 cm³/mol. The first-order valence-electron chi connectivity index (χ1n) is 8.74. The highest BCUT2D eigenvalue weighted by Gasteiger charge is 2.29. The molecule has 1 aliphatic rings. The van der Waals surface area contributed by atoms with E-state index in [4.69, 9.17) is 4.74 Å². The van der Waals surface area contributed by atoms with Crippen LogP contribution in [-0.2, 0) is 11.2 Å².